The number of sulfonamides is 1. The molecule has 0 radical (unpaired) electrons. The van der Waals surface area contributed by atoms with Gasteiger partial charge in [-0.3, -0.25) is 19.1 Å². The van der Waals surface area contributed by atoms with Crippen LogP contribution in [-0.2, 0) is 29.1 Å². The fourth-order valence-electron chi connectivity index (χ4n) is 7.48. The Kier molecular flexibility index (Phi) is 10.4. The number of carbonyl (C=O) groups excluding carboxylic acids is 3. The van der Waals surface area contributed by atoms with Crippen LogP contribution >= 0.6 is 0 Å². The van der Waals surface area contributed by atoms with Gasteiger partial charge in [0.1, 0.15) is 29.5 Å². The Balaban J connectivity index is 1.36. The van der Waals surface area contributed by atoms with Crippen LogP contribution in [0.1, 0.15) is 58.8 Å². The average molecular weight is 742 g/mol. The number of methoxy groups -OCH3 is 2. The maximum absolute atomic E-state index is 14.5. The monoisotopic (exact) mass is 741 g/mol. The number of rotatable bonds is 9. The van der Waals surface area contributed by atoms with Crippen molar-refractivity contribution < 1.29 is 46.9 Å². The molecular formula is C36H47N5O10S. The molecule has 16 heteroatoms. The van der Waals surface area contributed by atoms with Gasteiger partial charge in [0.2, 0.25) is 27.7 Å². The molecule has 1 aromatic heterocycles. The van der Waals surface area contributed by atoms with Gasteiger partial charge < -0.3 is 34.9 Å². The van der Waals surface area contributed by atoms with Crippen molar-refractivity contribution in [3.63, 3.8) is 0 Å². The third-order valence-electron chi connectivity index (χ3n) is 11.0. The molecule has 0 spiro atoms. The molecule has 7 atom stereocenters. The minimum absolute atomic E-state index is 0.0146. The number of nitrogens with one attached hydrogen (secondary N) is 3. The Labute approximate surface area is 302 Å². The molecule has 3 heterocycles. The average Bonchev–Trinajstić information content (AvgIpc) is 3.98. The standard InChI is InChI=1S/C36H47N5O10S/c1-21-9-5-6-10-23-17-36(23,33(44)40-52(47,48)35(2)13-14-35)39-30(42)27-16-24(51-31-26-12-8-7-11-25(26)28(50-4)18-37-31)19-41(27)32(43)29(38-34(45)46)22(15-21)20-49-3/h6-8,10-12,18,21-24,27,29,38H,5,9,13-17,19-20H2,1-4H3,(H,39,42)(H,40,44)(H,45,46)/b10-6-/t21-,22-,23+,24+,27-,29-,36+/m0/s1. The molecule has 1 aromatic carbocycles. The molecule has 2 saturated carbocycles. The van der Waals surface area contributed by atoms with Gasteiger partial charge in [0.25, 0.3) is 5.91 Å². The zero-order valence-electron chi connectivity index (χ0n) is 29.8. The number of nitrogens with zero attached hydrogens (tertiary/aromatic N) is 2. The third-order valence-corrected chi connectivity index (χ3v) is 13.1. The van der Waals surface area contributed by atoms with Gasteiger partial charge in [-0.1, -0.05) is 37.3 Å². The van der Waals surface area contributed by atoms with E-state index in [-0.39, 0.29) is 37.8 Å². The second-order valence-corrected chi connectivity index (χ2v) is 17.0. The summed E-state index contributed by atoms with van der Waals surface area (Å²) in [6, 6.07) is 4.88. The molecule has 2 aromatic rings. The van der Waals surface area contributed by atoms with Crippen LogP contribution in [0.25, 0.3) is 10.8 Å². The fraction of sp³-hybridized carbons (Fsp3) is 0.583. The number of carbonyl (C=O) groups is 4. The van der Waals surface area contributed by atoms with Crippen LogP contribution in [0.2, 0.25) is 0 Å². The van der Waals surface area contributed by atoms with E-state index in [1.54, 1.807) is 6.92 Å². The highest BCUT2D eigenvalue weighted by molar-refractivity contribution is 7.91. The van der Waals surface area contributed by atoms with Crippen molar-refractivity contribution in [2.75, 3.05) is 27.4 Å². The Bertz CT molecular complexity index is 1870. The van der Waals surface area contributed by atoms with Crippen LogP contribution in [0, 0.1) is 17.8 Å². The van der Waals surface area contributed by atoms with E-state index < -0.39 is 74.1 Å². The van der Waals surface area contributed by atoms with E-state index in [4.69, 9.17) is 14.2 Å². The van der Waals surface area contributed by atoms with Crippen LogP contribution < -0.4 is 24.8 Å². The molecule has 2 aliphatic heterocycles. The van der Waals surface area contributed by atoms with E-state index in [0.717, 1.165) is 5.39 Å². The molecule has 2 aliphatic carbocycles. The first-order valence-electron chi connectivity index (χ1n) is 17.6. The molecule has 52 heavy (non-hydrogen) atoms. The second-order valence-electron chi connectivity index (χ2n) is 14.8. The molecule has 3 fully saturated rings. The number of amides is 4. The van der Waals surface area contributed by atoms with Crippen molar-refractivity contribution in [3.05, 3.63) is 42.6 Å². The SMILES string of the molecule is COC[C@@H]1C[C@@H](C)CC/C=C\[C@@H]2C[C@@]2(C(=O)NS(=O)(=O)C2(C)CC2)NC(=O)[C@@H]2C[C@@H](Oc3ncc(OC)c4ccccc34)CN2C(=O)[C@H]1NC(=O)O. The third kappa shape index (κ3) is 7.40. The summed E-state index contributed by atoms with van der Waals surface area (Å²) in [5, 5.41) is 16.5. The summed E-state index contributed by atoms with van der Waals surface area (Å²) >= 11 is 0. The zero-order valence-corrected chi connectivity index (χ0v) is 30.6. The molecule has 4 aliphatic rings. The quantitative estimate of drug-likeness (QED) is 0.275. The summed E-state index contributed by atoms with van der Waals surface area (Å²) < 4.78 is 44.7. The van der Waals surface area contributed by atoms with Crippen molar-refractivity contribution in [3.8, 4) is 11.6 Å². The Morgan fingerprint density at radius 3 is 2.54 bits per heavy atom. The zero-order chi connectivity index (χ0) is 37.4. The predicted molar refractivity (Wildman–Crippen MR) is 189 cm³/mol. The van der Waals surface area contributed by atoms with E-state index in [0.29, 0.717) is 43.2 Å². The van der Waals surface area contributed by atoms with Crippen LogP contribution in [0.15, 0.2) is 42.6 Å². The maximum atomic E-state index is 14.5. The minimum atomic E-state index is -4.01. The molecule has 15 nitrogen and oxygen atoms in total. The molecule has 1 saturated heterocycles. The van der Waals surface area contributed by atoms with Crippen LogP contribution in [0.5, 0.6) is 11.6 Å². The summed E-state index contributed by atoms with van der Waals surface area (Å²) in [5.74, 6) is -2.35. The normalized spacial score (nSPS) is 30.8. The molecule has 4 amide bonds. The van der Waals surface area contributed by atoms with Gasteiger partial charge in [0, 0.05) is 36.1 Å². The summed E-state index contributed by atoms with van der Waals surface area (Å²) in [7, 11) is -0.999. The van der Waals surface area contributed by atoms with Crippen LogP contribution in [0.3, 0.4) is 0 Å². The first kappa shape index (κ1) is 37.3. The van der Waals surface area contributed by atoms with Gasteiger partial charge in [-0.2, -0.15) is 0 Å². The number of hydrogen-bond donors (Lipinski definition) is 4. The Hall–Kier alpha value is -4.44. The Morgan fingerprint density at radius 1 is 1.13 bits per heavy atom. The van der Waals surface area contributed by atoms with E-state index >= 15 is 0 Å². The fourth-order valence-corrected chi connectivity index (χ4v) is 8.79. The highest BCUT2D eigenvalue weighted by Gasteiger charge is 2.63. The van der Waals surface area contributed by atoms with Crippen molar-refractivity contribution in [2.24, 2.45) is 17.8 Å². The molecule has 0 bridgehead atoms. The lowest BCUT2D eigenvalue weighted by Crippen LogP contribution is -2.59. The number of aromatic nitrogens is 1. The van der Waals surface area contributed by atoms with Crippen LogP contribution in [0.4, 0.5) is 4.79 Å². The number of ether oxygens (including phenoxy) is 3. The predicted octanol–water partition coefficient (Wildman–Crippen LogP) is 2.74. The summed E-state index contributed by atoms with van der Waals surface area (Å²) in [4.78, 5) is 60.6. The minimum Gasteiger partial charge on any atom is -0.494 e. The van der Waals surface area contributed by atoms with E-state index in [2.05, 4.69) is 20.3 Å². The number of benzene rings is 1. The summed E-state index contributed by atoms with van der Waals surface area (Å²) in [6.45, 7) is 3.57. The molecule has 6 rings (SSSR count). The number of carboxylic acid groups (broad SMARTS) is 1. The van der Waals surface area contributed by atoms with Gasteiger partial charge in [-0.05, 0) is 57.4 Å². The van der Waals surface area contributed by atoms with Crippen molar-refractivity contribution >= 4 is 44.6 Å². The molecular weight excluding hydrogens is 694 g/mol. The lowest BCUT2D eigenvalue weighted by molar-refractivity contribution is -0.142. The lowest BCUT2D eigenvalue weighted by atomic mass is 9.87. The van der Waals surface area contributed by atoms with Crippen molar-refractivity contribution in [1.82, 2.24) is 25.2 Å². The number of allylic oxidation sites excluding steroid dienone is 1. The number of pyridine rings is 1. The molecule has 4 N–H and O–H groups in total. The van der Waals surface area contributed by atoms with Gasteiger partial charge in [-0.15, -0.1) is 0 Å². The molecule has 282 valence electrons. The van der Waals surface area contributed by atoms with E-state index in [9.17, 15) is 32.7 Å². The first-order valence-corrected chi connectivity index (χ1v) is 19.1. The van der Waals surface area contributed by atoms with E-state index in [1.807, 2.05) is 43.3 Å². The largest absolute Gasteiger partial charge is 0.494 e. The van der Waals surface area contributed by atoms with E-state index in [1.165, 1.54) is 25.3 Å². The van der Waals surface area contributed by atoms with Gasteiger partial charge in [0.05, 0.1) is 31.2 Å². The first-order chi connectivity index (χ1) is 24.7. The van der Waals surface area contributed by atoms with Gasteiger partial charge >= 0.3 is 6.09 Å². The number of hydrogen-bond acceptors (Lipinski definition) is 10. The summed E-state index contributed by atoms with van der Waals surface area (Å²) in [5.41, 5.74) is -1.56. The smallest absolute Gasteiger partial charge is 0.405 e. The van der Waals surface area contributed by atoms with Gasteiger partial charge in [-0.25, -0.2) is 18.2 Å². The van der Waals surface area contributed by atoms with Crippen LogP contribution in [-0.4, -0.2) is 103 Å². The molecule has 0 unspecified atom stereocenters. The number of fused-ring (bicyclic) bond motifs is 3. The van der Waals surface area contributed by atoms with Crippen molar-refractivity contribution in [1.29, 1.82) is 0 Å². The maximum Gasteiger partial charge on any atom is 0.405 e. The highest BCUT2D eigenvalue weighted by Crippen LogP contribution is 2.47. The second kappa shape index (κ2) is 14.5. The topological polar surface area (TPSA) is 203 Å². The van der Waals surface area contributed by atoms with Gasteiger partial charge in [0.15, 0.2) is 0 Å². The lowest BCUT2D eigenvalue weighted by Gasteiger charge is -2.33. The Morgan fingerprint density at radius 2 is 1.87 bits per heavy atom. The highest BCUT2D eigenvalue weighted by atomic mass is 32.2. The summed E-state index contributed by atoms with van der Waals surface area (Å²) in [6.07, 6.45) is 5.87. The van der Waals surface area contributed by atoms with Crippen molar-refractivity contribution in [2.45, 2.75) is 87.3 Å².